The third-order valence-corrected chi connectivity index (χ3v) is 6.13. The molecule has 1 atom stereocenters. The van der Waals surface area contributed by atoms with Crippen molar-refractivity contribution in [3.05, 3.63) is 99.4 Å². The molecule has 0 aliphatic rings. The topological polar surface area (TPSA) is 42.0 Å². The second-order valence-corrected chi connectivity index (χ2v) is 8.09. The molecule has 0 radical (unpaired) electrons. The first kappa shape index (κ1) is 18.5. The molecule has 4 aromatic rings. The van der Waals surface area contributed by atoms with Crippen LogP contribution in [0.1, 0.15) is 22.2 Å². The minimum Gasteiger partial charge on any atom is -0.344 e. The predicted molar refractivity (Wildman–Crippen MR) is 112 cm³/mol. The number of amides is 1. The Kier molecular flexibility index (Phi) is 5.60. The summed E-state index contributed by atoms with van der Waals surface area (Å²) in [5.41, 5.74) is 2.63. The molecule has 0 fully saturated rings. The fourth-order valence-corrected chi connectivity index (χ4v) is 4.54. The van der Waals surface area contributed by atoms with Crippen molar-refractivity contribution >= 4 is 28.6 Å². The number of nitrogens with one attached hydrogen (secondary N) is 1. The van der Waals surface area contributed by atoms with E-state index in [2.05, 4.69) is 10.3 Å². The lowest BCUT2D eigenvalue weighted by Crippen LogP contribution is -2.30. The van der Waals surface area contributed by atoms with Crippen LogP contribution >= 0.6 is 22.7 Å². The van der Waals surface area contributed by atoms with Gasteiger partial charge in [-0.15, -0.1) is 22.7 Å². The number of halogens is 1. The number of hydrogen-bond acceptors (Lipinski definition) is 4. The van der Waals surface area contributed by atoms with Gasteiger partial charge in [0.15, 0.2) is 0 Å². The summed E-state index contributed by atoms with van der Waals surface area (Å²) in [6.07, 6.45) is 0.201. The molecule has 3 nitrogen and oxygen atoms in total. The van der Waals surface area contributed by atoms with Gasteiger partial charge in [0, 0.05) is 15.8 Å². The Labute approximate surface area is 170 Å². The zero-order valence-electron chi connectivity index (χ0n) is 14.8. The molecule has 0 aliphatic heterocycles. The first-order chi connectivity index (χ1) is 13.7. The highest BCUT2D eigenvalue weighted by molar-refractivity contribution is 7.13. The summed E-state index contributed by atoms with van der Waals surface area (Å²) >= 11 is 3.09. The molecule has 2 aromatic carbocycles. The second-order valence-electron chi connectivity index (χ2n) is 6.25. The summed E-state index contributed by atoms with van der Waals surface area (Å²) in [7, 11) is 0. The van der Waals surface area contributed by atoms with E-state index in [0.29, 0.717) is 0 Å². The minimum atomic E-state index is -0.305. The number of aromatic nitrogens is 1. The van der Waals surface area contributed by atoms with Crippen LogP contribution in [0, 0.1) is 5.82 Å². The largest absolute Gasteiger partial charge is 0.344 e. The van der Waals surface area contributed by atoms with E-state index in [-0.39, 0.29) is 24.2 Å². The maximum atomic E-state index is 13.3. The summed E-state index contributed by atoms with van der Waals surface area (Å²) in [6, 6.07) is 19.7. The number of thiazole rings is 1. The highest BCUT2D eigenvalue weighted by Gasteiger charge is 2.19. The Morgan fingerprint density at radius 2 is 1.79 bits per heavy atom. The van der Waals surface area contributed by atoms with E-state index in [9.17, 15) is 9.18 Å². The van der Waals surface area contributed by atoms with Crippen LogP contribution in [0.15, 0.2) is 77.5 Å². The lowest BCUT2D eigenvalue weighted by Gasteiger charge is -2.18. The number of carbonyl (C=O) groups excluding carboxylic acids is 1. The highest BCUT2D eigenvalue weighted by Crippen LogP contribution is 2.27. The summed E-state index contributed by atoms with van der Waals surface area (Å²) in [5.74, 6) is -0.413. The van der Waals surface area contributed by atoms with Crippen molar-refractivity contribution in [1.29, 1.82) is 0 Å². The summed E-state index contributed by atoms with van der Waals surface area (Å²) in [6.45, 7) is 0. The van der Waals surface area contributed by atoms with Gasteiger partial charge in [0.2, 0.25) is 5.91 Å². The fraction of sp³-hybridized carbons (Fsp3) is 0.0909. The lowest BCUT2D eigenvalue weighted by atomic mass is 10.0. The predicted octanol–water partition coefficient (Wildman–Crippen LogP) is 5.46. The molecule has 0 saturated carbocycles. The lowest BCUT2D eigenvalue weighted by molar-refractivity contribution is -0.120. The molecule has 0 unspecified atom stereocenters. The van der Waals surface area contributed by atoms with Crippen LogP contribution in [0.5, 0.6) is 0 Å². The van der Waals surface area contributed by atoms with Crippen LogP contribution in [0.25, 0.3) is 10.6 Å². The van der Waals surface area contributed by atoms with Crippen LogP contribution in [0.3, 0.4) is 0 Å². The van der Waals surface area contributed by atoms with E-state index in [4.69, 9.17) is 0 Å². The molecule has 2 heterocycles. The summed E-state index contributed by atoms with van der Waals surface area (Å²) < 4.78 is 13.3. The monoisotopic (exact) mass is 408 g/mol. The fourth-order valence-electron chi connectivity index (χ4n) is 2.91. The third kappa shape index (κ3) is 4.35. The van der Waals surface area contributed by atoms with E-state index in [0.717, 1.165) is 26.7 Å². The van der Waals surface area contributed by atoms with E-state index < -0.39 is 0 Å². The quantitative estimate of drug-likeness (QED) is 0.460. The summed E-state index contributed by atoms with van der Waals surface area (Å²) in [4.78, 5) is 18.3. The van der Waals surface area contributed by atoms with E-state index in [1.165, 1.54) is 23.5 Å². The number of thiophene rings is 1. The Balaban J connectivity index is 1.49. The standard InChI is InChI=1S/C22H17FN2OS2/c23-17-10-8-15(9-11-17)21(19-7-4-12-27-19)25-20(26)13-18-14-28-22(24-18)16-5-2-1-3-6-16/h1-12,14,21H,13H2,(H,25,26)/t21-/m0/s1. The third-order valence-electron chi connectivity index (χ3n) is 4.25. The molecule has 0 aliphatic carbocycles. The molecule has 28 heavy (non-hydrogen) atoms. The van der Waals surface area contributed by atoms with Gasteiger partial charge in [0.05, 0.1) is 18.2 Å². The van der Waals surface area contributed by atoms with E-state index in [1.807, 2.05) is 53.2 Å². The van der Waals surface area contributed by atoms with Crippen molar-refractivity contribution in [2.24, 2.45) is 0 Å². The van der Waals surface area contributed by atoms with Crippen molar-refractivity contribution in [2.75, 3.05) is 0 Å². The van der Waals surface area contributed by atoms with Gasteiger partial charge in [-0.2, -0.15) is 0 Å². The molecule has 1 amide bonds. The molecular weight excluding hydrogens is 391 g/mol. The molecule has 4 rings (SSSR count). The molecule has 0 saturated heterocycles. The number of rotatable bonds is 6. The van der Waals surface area contributed by atoms with Crippen LogP contribution in [0.4, 0.5) is 4.39 Å². The molecular formula is C22H17FN2OS2. The average molecular weight is 409 g/mol. The number of benzene rings is 2. The molecule has 0 spiro atoms. The Morgan fingerprint density at radius 3 is 2.50 bits per heavy atom. The van der Waals surface area contributed by atoms with Crippen LogP contribution in [-0.4, -0.2) is 10.9 Å². The number of carbonyl (C=O) groups is 1. The minimum absolute atomic E-state index is 0.118. The van der Waals surface area contributed by atoms with Gasteiger partial charge in [-0.05, 0) is 29.1 Å². The van der Waals surface area contributed by atoms with Gasteiger partial charge in [0.25, 0.3) is 0 Å². The molecule has 6 heteroatoms. The highest BCUT2D eigenvalue weighted by atomic mass is 32.1. The molecule has 2 aromatic heterocycles. The summed E-state index contributed by atoms with van der Waals surface area (Å²) in [5, 5.41) is 7.85. The van der Waals surface area contributed by atoms with Gasteiger partial charge in [-0.1, -0.05) is 48.5 Å². The van der Waals surface area contributed by atoms with Crippen molar-refractivity contribution in [3.63, 3.8) is 0 Å². The maximum Gasteiger partial charge on any atom is 0.226 e. The first-order valence-corrected chi connectivity index (χ1v) is 10.5. The Bertz CT molecular complexity index is 1040. The van der Waals surface area contributed by atoms with Gasteiger partial charge in [-0.25, -0.2) is 9.37 Å². The van der Waals surface area contributed by atoms with Gasteiger partial charge >= 0.3 is 0 Å². The van der Waals surface area contributed by atoms with Crippen LogP contribution in [0.2, 0.25) is 0 Å². The zero-order valence-corrected chi connectivity index (χ0v) is 16.5. The molecule has 140 valence electrons. The van der Waals surface area contributed by atoms with Gasteiger partial charge < -0.3 is 5.32 Å². The normalized spacial score (nSPS) is 11.9. The van der Waals surface area contributed by atoms with E-state index in [1.54, 1.807) is 23.5 Å². The Hall–Kier alpha value is -2.83. The van der Waals surface area contributed by atoms with Crippen molar-refractivity contribution < 1.29 is 9.18 Å². The average Bonchev–Trinajstić information content (AvgIpc) is 3.40. The van der Waals surface area contributed by atoms with E-state index >= 15 is 0 Å². The van der Waals surface area contributed by atoms with Gasteiger partial charge in [-0.3, -0.25) is 4.79 Å². The van der Waals surface area contributed by atoms with Crippen molar-refractivity contribution in [1.82, 2.24) is 10.3 Å². The SMILES string of the molecule is O=C(Cc1csc(-c2ccccc2)n1)N[C@@H](c1ccc(F)cc1)c1cccs1. The smallest absolute Gasteiger partial charge is 0.226 e. The van der Waals surface area contributed by atoms with Crippen molar-refractivity contribution in [3.8, 4) is 10.6 Å². The number of hydrogen-bond donors (Lipinski definition) is 1. The number of nitrogens with zero attached hydrogens (tertiary/aromatic N) is 1. The van der Waals surface area contributed by atoms with Crippen LogP contribution in [-0.2, 0) is 11.2 Å². The van der Waals surface area contributed by atoms with Gasteiger partial charge in [0.1, 0.15) is 10.8 Å². The molecule has 1 N–H and O–H groups in total. The first-order valence-electron chi connectivity index (χ1n) is 8.77. The maximum absolute atomic E-state index is 13.3. The zero-order chi connectivity index (χ0) is 19.3. The Morgan fingerprint density at radius 1 is 1.00 bits per heavy atom. The van der Waals surface area contributed by atoms with Crippen LogP contribution < -0.4 is 5.32 Å². The van der Waals surface area contributed by atoms with Crippen molar-refractivity contribution in [2.45, 2.75) is 12.5 Å². The molecule has 0 bridgehead atoms. The second kappa shape index (κ2) is 8.46.